The SMILES string of the molecule is C=C/C=C(\C=C)OCOC(/C=C\C)=C/C. The Bertz CT molecular complexity index is 283. The fourth-order valence-electron chi connectivity index (χ4n) is 0.849. The van der Waals surface area contributed by atoms with Crippen molar-refractivity contribution in [2.24, 2.45) is 0 Å². The van der Waals surface area contributed by atoms with Gasteiger partial charge in [-0.2, -0.15) is 0 Å². The first-order chi connectivity index (χ1) is 7.28. The van der Waals surface area contributed by atoms with E-state index in [1.165, 1.54) is 0 Å². The molecular weight excluding hydrogens is 188 g/mol. The van der Waals surface area contributed by atoms with Gasteiger partial charge in [0.05, 0.1) is 0 Å². The van der Waals surface area contributed by atoms with E-state index >= 15 is 0 Å². The smallest absolute Gasteiger partial charge is 0.230 e. The average molecular weight is 206 g/mol. The molecule has 2 nitrogen and oxygen atoms in total. The Kier molecular flexibility index (Phi) is 7.87. The molecule has 2 heteroatoms. The topological polar surface area (TPSA) is 18.5 Å². The highest BCUT2D eigenvalue weighted by Crippen LogP contribution is 2.03. The largest absolute Gasteiger partial charge is 0.458 e. The lowest BCUT2D eigenvalue weighted by Gasteiger charge is -2.08. The molecular formula is C13H18O2. The maximum absolute atomic E-state index is 5.34. The minimum atomic E-state index is 0.162. The Labute approximate surface area is 91.9 Å². The number of allylic oxidation sites excluding steroid dienone is 6. The third-order valence-corrected chi connectivity index (χ3v) is 1.55. The van der Waals surface area contributed by atoms with Crippen molar-refractivity contribution in [1.82, 2.24) is 0 Å². The molecule has 0 rings (SSSR count). The van der Waals surface area contributed by atoms with Gasteiger partial charge in [0.1, 0.15) is 11.5 Å². The number of ether oxygens (including phenoxy) is 2. The zero-order valence-corrected chi connectivity index (χ0v) is 9.40. The first-order valence-electron chi connectivity index (χ1n) is 4.78. The molecule has 82 valence electrons. The van der Waals surface area contributed by atoms with E-state index in [-0.39, 0.29) is 6.79 Å². The van der Waals surface area contributed by atoms with Crippen LogP contribution in [0.2, 0.25) is 0 Å². The fraction of sp³-hybridized carbons (Fsp3) is 0.231. The predicted octanol–water partition coefficient (Wildman–Crippen LogP) is 3.71. The average Bonchev–Trinajstić information content (AvgIpc) is 2.26. The van der Waals surface area contributed by atoms with E-state index < -0.39 is 0 Å². The molecule has 0 spiro atoms. The molecule has 0 amide bonds. The van der Waals surface area contributed by atoms with Gasteiger partial charge in [-0.3, -0.25) is 0 Å². The molecule has 0 aliphatic carbocycles. The van der Waals surface area contributed by atoms with E-state index in [1.54, 1.807) is 18.2 Å². The quantitative estimate of drug-likeness (QED) is 0.359. The highest BCUT2D eigenvalue weighted by molar-refractivity contribution is 5.14. The maximum atomic E-state index is 5.34. The zero-order valence-electron chi connectivity index (χ0n) is 9.40. The molecule has 0 unspecified atom stereocenters. The van der Waals surface area contributed by atoms with E-state index in [0.717, 1.165) is 5.76 Å². The Hall–Kier alpha value is -1.70. The molecule has 0 aromatic rings. The minimum Gasteiger partial charge on any atom is -0.458 e. The van der Waals surface area contributed by atoms with Crippen LogP contribution in [0.15, 0.2) is 61.1 Å². The van der Waals surface area contributed by atoms with E-state index in [1.807, 2.05) is 32.1 Å². The lowest BCUT2D eigenvalue weighted by molar-refractivity contribution is 0.0235. The number of hydrogen-bond acceptors (Lipinski definition) is 2. The second-order valence-corrected chi connectivity index (χ2v) is 2.61. The first kappa shape index (κ1) is 13.3. The van der Waals surface area contributed by atoms with Crippen LogP contribution in [0.3, 0.4) is 0 Å². The summed E-state index contributed by atoms with van der Waals surface area (Å²) in [5.41, 5.74) is 0. The third-order valence-electron chi connectivity index (χ3n) is 1.55. The van der Waals surface area contributed by atoms with Gasteiger partial charge in [-0.15, -0.1) is 0 Å². The van der Waals surface area contributed by atoms with Crippen molar-refractivity contribution in [3.63, 3.8) is 0 Å². The normalized spacial score (nSPS) is 12.7. The molecule has 0 atom stereocenters. The maximum Gasteiger partial charge on any atom is 0.230 e. The summed E-state index contributed by atoms with van der Waals surface area (Å²) in [6.07, 6.45) is 10.6. The molecule has 0 saturated heterocycles. The molecule has 0 fully saturated rings. The van der Waals surface area contributed by atoms with Crippen LogP contribution >= 0.6 is 0 Å². The summed E-state index contributed by atoms with van der Waals surface area (Å²) in [5, 5.41) is 0. The van der Waals surface area contributed by atoms with Gasteiger partial charge in [-0.25, -0.2) is 0 Å². The van der Waals surface area contributed by atoms with Crippen molar-refractivity contribution in [3.05, 3.63) is 61.1 Å². The zero-order chi connectivity index (χ0) is 11.5. The molecule has 0 aliphatic rings. The van der Waals surface area contributed by atoms with E-state index in [9.17, 15) is 0 Å². The van der Waals surface area contributed by atoms with Crippen LogP contribution in [0.25, 0.3) is 0 Å². The predicted molar refractivity (Wildman–Crippen MR) is 64.1 cm³/mol. The van der Waals surface area contributed by atoms with Crippen LogP contribution in [-0.4, -0.2) is 6.79 Å². The van der Waals surface area contributed by atoms with Crippen molar-refractivity contribution in [2.75, 3.05) is 6.79 Å². The summed E-state index contributed by atoms with van der Waals surface area (Å²) in [5.74, 6) is 1.42. The summed E-state index contributed by atoms with van der Waals surface area (Å²) in [6.45, 7) is 11.2. The molecule has 0 radical (unpaired) electrons. The van der Waals surface area contributed by atoms with E-state index in [4.69, 9.17) is 9.47 Å². The standard InChI is InChI=1S/C13H18O2/c1-5-9-12(7-3)14-11-15-13(8-4)10-6-2/h5-10H,1,3,11H2,2,4H3/b10-6-,12-9+,13-8+. The van der Waals surface area contributed by atoms with Gasteiger partial charge in [0.25, 0.3) is 0 Å². The first-order valence-corrected chi connectivity index (χ1v) is 4.78. The fourth-order valence-corrected chi connectivity index (χ4v) is 0.849. The highest BCUT2D eigenvalue weighted by Gasteiger charge is 1.93. The van der Waals surface area contributed by atoms with Crippen LogP contribution in [0.4, 0.5) is 0 Å². The molecule has 0 aromatic heterocycles. The summed E-state index contributed by atoms with van der Waals surface area (Å²) in [4.78, 5) is 0. The summed E-state index contributed by atoms with van der Waals surface area (Å²) in [7, 11) is 0. The molecule has 0 aromatic carbocycles. The van der Waals surface area contributed by atoms with Gasteiger partial charge in [0.2, 0.25) is 6.79 Å². The lowest BCUT2D eigenvalue weighted by atomic mass is 10.4. The Morgan fingerprint density at radius 3 is 2.27 bits per heavy atom. The van der Waals surface area contributed by atoms with Gasteiger partial charge < -0.3 is 9.47 Å². The van der Waals surface area contributed by atoms with Crippen molar-refractivity contribution in [2.45, 2.75) is 13.8 Å². The van der Waals surface area contributed by atoms with E-state index in [2.05, 4.69) is 13.2 Å². The highest BCUT2D eigenvalue weighted by atomic mass is 16.7. The van der Waals surface area contributed by atoms with Gasteiger partial charge in [0.15, 0.2) is 0 Å². The molecule has 0 N–H and O–H groups in total. The lowest BCUT2D eigenvalue weighted by Crippen LogP contribution is -1.97. The van der Waals surface area contributed by atoms with Gasteiger partial charge >= 0.3 is 0 Å². The van der Waals surface area contributed by atoms with Crippen molar-refractivity contribution in [3.8, 4) is 0 Å². The summed E-state index contributed by atoms with van der Waals surface area (Å²) < 4.78 is 10.6. The Morgan fingerprint density at radius 2 is 1.80 bits per heavy atom. The monoisotopic (exact) mass is 206 g/mol. The van der Waals surface area contributed by atoms with Crippen molar-refractivity contribution >= 4 is 0 Å². The second kappa shape index (κ2) is 8.88. The van der Waals surface area contributed by atoms with Gasteiger partial charge in [-0.05, 0) is 38.2 Å². The Morgan fingerprint density at radius 1 is 1.13 bits per heavy atom. The summed E-state index contributed by atoms with van der Waals surface area (Å²) >= 11 is 0. The molecule has 0 bridgehead atoms. The molecule has 0 saturated carbocycles. The third kappa shape index (κ3) is 6.38. The van der Waals surface area contributed by atoms with E-state index in [0.29, 0.717) is 5.76 Å². The molecule has 0 aliphatic heterocycles. The second-order valence-electron chi connectivity index (χ2n) is 2.61. The number of rotatable bonds is 7. The van der Waals surface area contributed by atoms with Crippen LogP contribution < -0.4 is 0 Å². The van der Waals surface area contributed by atoms with Crippen LogP contribution in [0.5, 0.6) is 0 Å². The van der Waals surface area contributed by atoms with Crippen LogP contribution in [0, 0.1) is 0 Å². The van der Waals surface area contributed by atoms with Crippen molar-refractivity contribution < 1.29 is 9.47 Å². The number of hydrogen-bond donors (Lipinski definition) is 0. The van der Waals surface area contributed by atoms with Gasteiger partial charge in [-0.1, -0.05) is 25.3 Å². The molecule has 0 heterocycles. The van der Waals surface area contributed by atoms with Crippen LogP contribution in [-0.2, 0) is 9.47 Å². The minimum absolute atomic E-state index is 0.162. The summed E-state index contributed by atoms with van der Waals surface area (Å²) in [6, 6.07) is 0. The Balaban J connectivity index is 4.01. The molecule has 15 heavy (non-hydrogen) atoms. The van der Waals surface area contributed by atoms with Crippen molar-refractivity contribution in [1.29, 1.82) is 0 Å². The van der Waals surface area contributed by atoms with Crippen LogP contribution in [0.1, 0.15) is 13.8 Å². The van der Waals surface area contributed by atoms with Gasteiger partial charge in [0, 0.05) is 0 Å².